The highest BCUT2D eigenvalue weighted by Gasteiger charge is 2.19. The van der Waals surface area contributed by atoms with E-state index < -0.39 is 15.9 Å². The van der Waals surface area contributed by atoms with Crippen LogP contribution in [0.25, 0.3) is 0 Å². The maximum absolute atomic E-state index is 12.5. The number of carbonyl (C=O) groups is 2. The zero-order valence-electron chi connectivity index (χ0n) is 13.1. The first-order valence-electron chi connectivity index (χ1n) is 7.55. The number of ketones is 1. The van der Waals surface area contributed by atoms with E-state index in [9.17, 15) is 18.0 Å². The van der Waals surface area contributed by atoms with Crippen molar-refractivity contribution in [2.45, 2.75) is 24.2 Å². The van der Waals surface area contributed by atoms with Crippen molar-refractivity contribution in [1.29, 1.82) is 0 Å². The van der Waals surface area contributed by atoms with Crippen molar-refractivity contribution < 1.29 is 18.0 Å². The summed E-state index contributed by atoms with van der Waals surface area (Å²) in [5, 5.41) is 7.84. The molecule has 8 heteroatoms. The van der Waals surface area contributed by atoms with Gasteiger partial charge in [-0.3, -0.25) is 9.59 Å². The van der Waals surface area contributed by atoms with Gasteiger partial charge in [0.2, 0.25) is 10.0 Å². The van der Waals surface area contributed by atoms with Gasteiger partial charge in [-0.1, -0.05) is 0 Å². The SMILES string of the molecule is NS(=O)(=O)c1ccc(Br)c(C(=O)Nc2ccc3c(c2)CCCC3=O)c1. The summed E-state index contributed by atoms with van der Waals surface area (Å²) in [5.74, 6) is -0.359. The van der Waals surface area contributed by atoms with Crippen LogP contribution < -0.4 is 10.5 Å². The van der Waals surface area contributed by atoms with E-state index in [1.165, 1.54) is 18.2 Å². The largest absolute Gasteiger partial charge is 0.322 e. The lowest BCUT2D eigenvalue weighted by atomic mass is 9.90. The van der Waals surface area contributed by atoms with Gasteiger partial charge < -0.3 is 5.32 Å². The standard InChI is InChI=1S/C17H15BrN2O4S/c18-15-7-5-12(25(19,23)24)9-14(15)17(22)20-11-4-6-13-10(8-11)2-1-3-16(13)21/h4-9H,1-3H2,(H,20,22)(H2,19,23,24). The predicted molar refractivity (Wildman–Crippen MR) is 97.2 cm³/mol. The number of sulfonamides is 1. The molecule has 6 nitrogen and oxygen atoms in total. The van der Waals surface area contributed by atoms with E-state index >= 15 is 0 Å². The van der Waals surface area contributed by atoms with Gasteiger partial charge in [-0.25, -0.2) is 13.6 Å². The third-order valence-corrected chi connectivity index (χ3v) is 5.63. The monoisotopic (exact) mass is 422 g/mol. The molecular formula is C17H15BrN2O4S. The van der Waals surface area contributed by atoms with Crippen LogP contribution in [0.1, 0.15) is 39.1 Å². The minimum Gasteiger partial charge on any atom is -0.322 e. The zero-order valence-corrected chi connectivity index (χ0v) is 15.5. The van der Waals surface area contributed by atoms with Gasteiger partial charge in [0, 0.05) is 22.1 Å². The van der Waals surface area contributed by atoms with Crippen molar-refractivity contribution in [3.63, 3.8) is 0 Å². The van der Waals surface area contributed by atoms with Gasteiger partial charge in [0.25, 0.3) is 5.91 Å². The first-order chi connectivity index (χ1) is 11.8. The molecule has 1 aliphatic carbocycles. The lowest BCUT2D eigenvalue weighted by molar-refractivity contribution is 0.0971. The Kier molecular flexibility index (Phi) is 4.77. The number of primary sulfonamides is 1. The molecule has 2 aromatic carbocycles. The molecule has 0 heterocycles. The van der Waals surface area contributed by atoms with Crippen LogP contribution in [0.3, 0.4) is 0 Å². The summed E-state index contributed by atoms with van der Waals surface area (Å²) < 4.78 is 23.4. The molecule has 0 bridgehead atoms. The van der Waals surface area contributed by atoms with Crippen LogP contribution in [0.15, 0.2) is 45.8 Å². The van der Waals surface area contributed by atoms with Crippen LogP contribution in [0.4, 0.5) is 5.69 Å². The Bertz CT molecular complexity index is 986. The van der Waals surface area contributed by atoms with E-state index in [1.54, 1.807) is 18.2 Å². The van der Waals surface area contributed by atoms with Crippen LogP contribution in [-0.4, -0.2) is 20.1 Å². The van der Waals surface area contributed by atoms with Gasteiger partial charge in [-0.15, -0.1) is 0 Å². The Balaban J connectivity index is 1.89. The fourth-order valence-corrected chi connectivity index (χ4v) is 3.74. The van der Waals surface area contributed by atoms with Gasteiger partial charge in [0.05, 0.1) is 10.5 Å². The first-order valence-corrected chi connectivity index (χ1v) is 9.89. The average molecular weight is 423 g/mol. The number of nitrogens with two attached hydrogens (primary N) is 1. The molecule has 0 spiro atoms. The summed E-state index contributed by atoms with van der Waals surface area (Å²) in [4.78, 5) is 24.2. The van der Waals surface area contributed by atoms with Crippen molar-refractivity contribution in [3.05, 3.63) is 57.6 Å². The number of fused-ring (bicyclic) bond motifs is 1. The number of carbonyl (C=O) groups excluding carboxylic acids is 2. The summed E-state index contributed by atoms with van der Waals surface area (Å²) in [6.07, 6.45) is 2.13. The number of nitrogens with one attached hydrogen (secondary N) is 1. The molecule has 0 radical (unpaired) electrons. The fraction of sp³-hybridized carbons (Fsp3) is 0.176. The minimum atomic E-state index is -3.90. The summed E-state index contributed by atoms with van der Waals surface area (Å²) >= 11 is 3.24. The van der Waals surface area contributed by atoms with E-state index in [0.717, 1.165) is 18.4 Å². The highest BCUT2D eigenvalue weighted by Crippen LogP contribution is 2.26. The quantitative estimate of drug-likeness (QED) is 0.792. The number of hydrogen-bond donors (Lipinski definition) is 2. The molecule has 0 saturated heterocycles. The fourth-order valence-electron chi connectivity index (χ4n) is 2.78. The van der Waals surface area contributed by atoms with Crippen molar-refractivity contribution in [2.75, 3.05) is 5.32 Å². The van der Waals surface area contributed by atoms with Crippen LogP contribution in [0, 0.1) is 0 Å². The normalized spacial score (nSPS) is 14.1. The number of hydrogen-bond acceptors (Lipinski definition) is 4. The average Bonchev–Trinajstić information content (AvgIpc) is 2.54. The number of rotatable bonds is 3. The number of Topliss-reactive ketones (excluding diaryl/α,β-unsaturated/α-hetero) is 1. The van der Waals surface area contributed by atoms with Crippen molar-refractivity contribution in [2.24, 2.45) is 5.14 Å². The van der Waals surface area contributed by atoms with Crippen molar-refractivity contribution in [3.8, 4) is 0 Å². The molecule has 0 unspecified atom stereocenters. The molecule has 2 aromatic rings. The highest BCUT2D eigenvalue weighted by atomic mass is 79.9. The second-order valence-electron chi connectivity index (χ2n) is 5.79. The van der Waals surface area contributed by atoms with E-state index in [-0.39, 0.29) is 16.2 Å². The molecule has 3 N–H and O–H groups in total. The molecule has 0 fully saturated rings. The Labute approximate surface area is 153 Å². The van der Waals surface area contributed by atoms with E-state index in [4.69, 9.17) is 5.14 Å². The summed E-state index contributed by atoms with van der Waals surface area (Å²) in [5.41, 5.74) is 2.31. The van der Waals surface area contributed by atoms with E-state index in [0.29, 0.717) is 22.1 Å². The highest BCUT2D eigenvalue weighted by molar-refractivity contribution is 9.10. The lowest BCUT2D eigenvalue weighted by Crippen LogP contribution is -2.17. The number of amides is 1. The van der Waals surface area contributed by atoms with Crippen LogP contribution in [-0.2, 0) is 16.4 Å². The molecule has 0 atom stereocenters. The topological polar surface area (TPSA) is 106 Å². The molecule has 0 saturated carbocycles. The zero-order chi connectivity index (χ0) is 18.2. The molecule has 3 rings (SSSR count). The molecule has 1 amide bonds. The van der Waals surface area contributed by atoms with Crippen LogP contribution in [0.2, 0.25) is 0 Å². The molecule has 1 aliphatic rings. The third-order valence-electron chi connectivity index (χ3n) is 4.02. The maximum atomic E-state index is 12.5. The first kappa shape index (κ1) is 17.8. The predicted octanol–water partition coefficient (Wildman–Crippen LogP) is 2.87. The summed E-state index contributed by atoms with van der Waals surface area (Å²) in [6.45, 7) is 0. The van der Waals surface area contributed by atoms with Crippen molar-refractivity contribution in [1.82, 2.24) is 0 Å². The van der Waals surface area contributed by atoms with Crippen LogP contribution in [0.5, 0.6) is 0 Å². The van der Waals surface area contributed by atoms with Crippen molar-refractivity contribution >= 4 is 43.3 Å². The number of halogens is 1. The number of aryl methyl sites for hydroxylation is 1. The van der Waals surface area contributed by atoms with Gasteiger partial charge in [0.15, 0.2) is 5.78 Å². The second kappa shape index (κ2) is 6.70. The Morgan fingerprint density at radius 1 is 1.12 bits per heavy atom. The maximum Gasteiger partial charge on any atom is 0.256 e. The molecule has 0 aromatic heterocycles. The molecule has 25 heavy (non-hydrogen) atoms. The summed E-state index contributed by atoms with van der Waals surface area (Å²) in [6, 6.07) is 9.15. The Hall–Kier alpha value is -2.03. The molecule has 130 valence electrons. The van der Waals surface area contributed by atoms with Crippen LogP contribution >= 0.6 is 15.9 Å². The Morgan fingerprint density at radius 2 is 1.88 bits per heavy atom. The number of benzene rings is 2. The second-order valence-corrected chi connectivity index (χ2v) is 8.21. The van der Waals surface area contributed by atoms with Gasteiger partial charge >= 0.3 is 0 Å². The molecule has 0 aliphatic heterocycles. The van der Waals surface area contributed by atoms with E-state index in [2.05, 4.69) is 21.2 Å². The van der Waals surface area contributed by atoms with Gasteiger partial charge in [-0.05, 0) is 70.7 Å². The van der Waals surface area contributed by atoms with Gasteiger partial charge in [0.1, 0.15) is 0 Å². The Morgan fingerprint density at radius 3 is 2.60 bits per heavy atom. The molecular weight excluding hydrogens is 408 g/mol. The smallest absolute Gasteiger partial charge is 0.256 e. The third kappa shape index (κ3) is 3.81. The minimum absolute atomic E-state index is 0.114. The lowest BCUT2D eigenvalue weighted by Gasteiger charge is -2.16. The van der Waals surface area contributed by atoms with E-state index in [1.807, 2.05) is 0 Å². The summed E-state index contributed by atoms with van der Waals surface area (Å²) in [7, 11) is -3.90. The number of anilines is 1. The van der Waals surface area contributed by atoms with Gasteiger partial charge in [-0.2, -0.15) is 0 Å².